The maximum absolute atomic E-state index is 13.3. The van der Waals surface area contributed by atoms with Crippen LogP contribution in [0.4, 0.5) is 8.78 Å². The molecular weight excluding hydrogens is 438 g/mol. The number of halogens is 2. The number of rotatable bonds is 2. The maximum Gasteiger partial charge on any atom is 0.318 e. The molecule has 0 heterocycles. The van der Waals surface area contributed by atoms with Crippen LogP contribution >= 0.6 is 0 Å². The summed E-state index contributed by atoms with van der Waals surface area (Å²) in [7, 11) is 0. The number of carbonyl (C=O) groups excluding carboxylic acids is 1. The number of ether oxygens (including phenoxy) is 1. The third-order valence-electron chi connectivity index (χ3n) is 2.29. The van der Waals surface area contributed by atoms with E-state index in [9.17, 15) is 13.6 Å². The zero-order valence-corrected chi connectivity index (χ0v) is 12.6. The van der Waals surface area contributed by atoms with Gasteiger partial charge in [0.15, 0.2) is 0 Å². The molecule has 2 aromatic carbocycles. The molecule has 0 spiro atoms. The van der Waals surface area contributed by atoms with E-state index in [1.54, 1.807) is 0 Å². The minimum absolute atomic E-state index is 0. The van der Waals surface area contributed by atoms with Crippen LogP contribution in [0, 0.1) is 29.0 Å². The summed E-state index contributed by atoms with van der Waals surface area (Å²) in [4.78, 5) is 11.6. The molecule has 0 aliphatic carbocycles. The number of esters is 1. The number of carbonyl (C=O) groups is 1. The van der Waals surface area contributed by atoms with E-state index in [0.29, 0.717) is 0 Å². The number of hydrogen-bond acceptors (Lipinski definition) is 3. The average molecular weight is 444 g/mol. The second-order valence-corrected chi connectivity index (χ2v) is 3.55. The largest absolute Gasteiger partial charge is 0.424 e. The molecule has 20 heavy (non-hydrogen) atoms. The molecule has 2 aromatic rings. The fourth-order valence-electron chi connectivity index (χ4n) is 1.40. The third kappa shape index (κ3) is 3.48. The molecule has 1 radical (unpaired) electrons. The quantitative estimate of drug-likeness (QED) is 0.407. The van der Waals surface area contributed by atoms with Crippen molar-refractivity contribution in [3.63, 3.8) is 0 Å². The fraction of sp³-hybridized carbons (Fsp3) is 0. The monoisotopic (exact) mass is 445 g/mol. The van der Waals surface area contributed by atoms with Crippen LogP contribution in [0.1, 0.15) is 15.9 Å². The molecule has 0 unspecified atom stereocenters. The minimum Gasteiger partial charge on any atom is -0.424 e. The van der Waals surface area contributed by atoms with Gasteiger partial charge in [-0.1, -0.05) is 0 Å². The second kappa shape index (κ2) is 6.91. The molecule has 0 aromatic heterocycles. The zero-order valence-electron chi connectivity index (χ0n) is 9.86. The van der Waals surface area contributed by atoms with E-state index in [0.717, 1.165) is 12.1 Å². The van der Waals surface area contributed by atoms with Gasteiger partial charge in [0.1, 0.15) is 29.0 Å². The predicted octanol–water partition coefficient (Wildman–Crippen LogP) is 2.85. The van der Waals surface area contributed by atoms with Crippen LogP contribution in [0.2, 0.25) is 0 Å². The minimum atomic E-state index is -1.08. The van der Waals surface area contributed by atoms with Crippen molar-refractivity contribution in [3.8, 4) is 11.8 Å². The topological polar surface area (TPSA) is 50.1 Å². The van der Waals surface area contributed by atoms with Crippen LogP contribution < -0.4 is 4.74 Å². The average Bonchev–Trinajstić information content (AvgIpc) is 2.39. The third-order valence-corrected chi connectivity index (χ3v) is 2.29. The van der Waals surface area contributed by atoms with Crippen molar-refractivity contribution in [2.75, 3.05) is 0 Å². The molecule has 0 atom stereocenters. The van der Waals surface area contributed by atoms with Crippen molar-refractivity contribution in [1.29, 1.82) is 5.26 Å². The SMILES string of the molecule is N#Cc1c(F)cc(OC(=O)c2cc[c-]cc2)cc1F.[Re]. The van der Waals surface area contributed by atoms with E-state index in [2.05, 4.69) is 6.07 Å². The standard InChI is InChI=1S/C14H6F2NO2.Re/c15-12-6-10(7-13(16)11(12)8-17)19-14(18)9-4-2-1-3-5-9;/h2-7H;/q-1;. The molecule has 6 heteroatoms. The van der Waals surface area contributed by atoms with Gasteiger partial charge in [0.25, 0.3) is 0 Å². The van der Waals surface area contributed by atoms with E-state index in [1.165, 1.54) is 30.3 Å². The van der Waals surface area contributed by atoms with Crippen molar-refractivity contribution in [2.24, 2.45) is 0 Å². The molecular formula is C14H6F2NO2Re-. The maximum atomic E-state index is 13.3. The zero-order chi connectivity index (χ0) is 13.8. The van der Waals surface area contributed by atoms with Gasteiger partial charge < -0.3 is 4.74 Å². The Hall–Kier alpha value is -2.08. The van der Waals surface area contributed by atoms with Gasteiger partial charge >= 0.3 is 5.97 Å². The summed E-state index contributed by atoms with van der Waals surface area (Å²) in [5.74, 6) is -3.21. The Bertz CT molecular complexity index is 646. The van der Waals surface area contributed by atoms with E-state index in [1.807, 2.05) is 0 Å². The Balaban J connectivity index is 0.00000200. The van der Waals surface area contributed by atoms with E-state index in [4.69, 9.17) is 10.00 Å². The molecule has 101 valence electrons. The van der Waals surface area contributed by atoms with Crippen LogP contribution in [-0.4, -0.2) is 5.97 Å². The molecule has 2 rings (SSSR count). The number of hydrogen-bond donors (Lipinski definition) is 0. The summed E-state index contributed by atoms with van der Waals surface area (Å²) in [5, 5.41) is 8.51. The summed E-state index contributed by atoms with van der Waals surface area (Å²) in [6, 6.07) is 11.6. The Morgan fingerprint density at radius 2 is 1.75 bits per heavy atom. The summed E-state index contributed by atoms with van der Waals surface area (Å²) < 4.78 is 31.4. The Morgan fingerprint density at radius 1 is 1.20 bits per heavy atom. The van der Waals surface area contributed by atoms with Gasteiger partial charge in [-0.25, -0.2) is 13.6 Å². The number of nitrogens with zero attached hydrogens (tertiary/aromatic N) is 1. The van der Waals surface area contributed by atoms with Crippen molar-refractivity contribution >= 4 is 5.97 Å². The fourth-order valence-corrected chi connectivity index (χ4v) is 1.40. The first-order chi connectivity index (χ1) is 9.11. The molecule has 0 aliphatic heterocycles. The van der Waals surface area contributed by atoms with Crippen LogP contribution in [0.5, 0.6) is 5.75 Å². The summed E-state index contributed by atoms with van der Waals surface area (Å²) in [5.41, 5.74) is -0.488. The van der Waals surface area contributed by atoms with E-state index in [-0.39, 0.29) is 31.7 Å². The molecule has 0 N–H and O–H groups in total. The Labute approximate surface area is 127 Å². The second-order valence-electron chi connectivity index (χ2n) is 3.55. The van der Waals surface area contributed by atoms with Gasteiger partial charge in [0.05, 0.1) is 0 Å². The van der Waals surface area contributed by atoms with Gasteiger partial charge in [0, 0.05) is 32.6 Å². The summed E-state index contributed by atoms with van der Waals surface area (Å²) in [6.45, 7) is 0. The smallest absolute Gasteiger partial charge is 0.318 e. The number of nitriles is 1. The van der Waals surface area contributed by atoms with Crippen LogP contribution in [0.3, 0.4) is 0 Å². The summed E-state index contributed by atoms with van der Waals surface area (Å²) in [6.07, 6.45) is 0. The molecule has 3 nitrogen and oxygen atoms in total. The van der Waals surface area contributed by atoms with Crippen molar-refractivity contribution < 1.29 is 38.7 Å². The molecule has 0 bridgehead atoms. The van der Waals surface area contributed by atoms with Crippen LogP contribution in [-0.2, 0) is 20.4 Å². The van der Waals surface area contributed by atoms with Crippen molar-refractivity contribution in [1.82, 2.24) is 0 Å². The first-order valence-electron chi connectivity index (χ1n) is 5.19. The molecule has 0 saturated carbocycles. The van der Waals surface area contributed by atoms with E-state index >= 15 is 0 Å². The number of benzene rings is 2. The molecule has 0 amide bonds. The summed E-state index contributed by atoms with van der Waals surface area (Å²) >= 11 is 0. The molecule has 0 saturated heterocycles. The van der Waals surface area contributed by atoms with Gasteiger partial charge in [-0.15, -0.1) is 0 Å². The normalized spacial score (nSPS) is 9.25. The van der Waals surface area contributed by atoms with E-state index < -0.39 is 23.2 Å². The first-order valence-corrected chi connectivity index (χ1v) is 5.19. The van der Waals surface area contributed by atoms with Gasteiger partial charge in [-0.3, -0.25) is 0 Å². The van der Waals surface area contributed by atoms with Crippen molar-refractivity contribution in [3.05, 3.63) is 65.2 Å². The first kappa shape index (κ1) is 16.0. The molecule has 0 aliphatic rings. The van der Waals surface area contributed by atoms with Gasteiger partial charge in [-0.05, 0) is 5.56 Å². The van der Waals surface area contributed by atoms with Gasteiger partial charge in [0.2, 0.25) is 0 Å². The molecule has 0 fully saturated rings. The van der Waals surface area contributed by atoms with Gasteiger partial charge in [-0.2, -0.15) is 35.6 Å². The Kier molecular flexibility index (Phi) is 5.52. The van der Waals surface area contributed by atoms with Crippen LogP contribution in [0.15, 0.2) is 36.4 Å². The van der Waals surface area contributed by atoms with Crippen molar-refractivity contribution in [2.45, 2.75) is 0 Å². The predicted molar refractivity (Wildman–Crippen MR) is 61.3 cm³/mol. The Morgan fingerprint density at radius 3 is 2.25 bits per heavy atom. The van der Waals surface area contributed by atoms with Crippen LogP contribution in [0.25, 0.3) is 0 Å².